The molecule has 1 aliphatic rings. The van der Waals surface area contributed by atoms with Crippen LogP contribution >= 0.6 is 0 Å². The van der Waals surface area contributed by atoms with Gasteiger partial charge in [0.25, 0.3) is 0 Å². The topological polar surface area (TPSA) is 38.5 Å². The van der Waals surface area contributed by atoms with Crippen LogP contribution in [0.3, 0.4) is 0 Å². The number of rotatable bonds is 2. The maximum Gasteiger partial charge on any atom is 0.418 e. The second-order valence-electron chi connectivity index (χ2n) is 3.15. The Kier molecular flexibility index (Phi) is 2.84. The van der Waals surface area contributed by atoms with E-state index in [0.717, 1.165) is 5.01 Å². The van der Waals surface area contributed by atoms with Gasteiger partial charge in [0, 0.05) is 19.6 Å². The first-order valence-corrected chi connectivity index (χ1v) is 4.11. The Morgan fingerprint density at radius 1 is 1.54 bits per heavy atom. The highest BCUT2D eigenvalue weighted by molar-refractivity contribution is 4.96. The molecule has 0 aromatic carbocycles. The van der Waals surface area contributed by atoms with Crippen molar-refractivity contribution in [2.75, 3.05) is 19.7 Å². The monoisotopic (exact) mass is 198 g/mol. The van der Waals surface area contributed by atoms with Gasteiger partial charge in [-0.2, -0.15) is 13.2 Å². The van der Waals surface area contributed by atoms with Crippen molar-refractivity contribution in [1.82, 2.24) is 5.01 Å². The molecule has 0 spiro atoms. The van der Waals surface area contributed by atoms with Gasteiger partial charge in [-0.1, -0.05) is 0 Å². The Balaban J connectivity index is 2.77. The van der Waals surface area contributed by atoms with Crippen LogP contribution in [0.15, 0.2) is 0 Å². The fourth-order valence-electron chi connectivity index (χ4n) is 1.52. The lowest BCUT2D eigenvalue weighted by Crippen LogP contribution is -2.50. The number of ether oxygens (including phenoxy) is 1. The van der Waals surface area contributed by atoms with Crippen LogP contribution in [0.25, 0.3) is 0 Å². The van der Waals surface area contributed by atoms with E-state index in [9.17, 15) is 13.2 Å². The molecule has 1 aliphatic heterocycles. The Labute approximate surface area is 74.6 Å². The van der Waals surface area contributed by atoms with Gasteiger partial charge in [-0.25, -0.2) is 5.01 Å². The predicted octanol–water partition coefficient (Wildman–Crippen LogP) is 0.903. The molecule has 0 saturated carbocycles. The number of hydrogen-bond donors (Lipinski definition) is 1. The van der Waals surface area contributed by atoms with Gasteiger partial charge in [0.1, 0.15) is 0 Å². The van der Waals surface area contributed by atoms with Crippen molar-refractivity contribution in [1.29, 1.82) is 0 Å². The largest absolute Gasteiger partial charge is 0.418 e. The van der Waals surface area contributed by atoms with Crippen molar-refractivity contribution < 1.29 is 17.9 Å². The molecule has 0 aliphatic carbocycles. The lowest BCUT2D eigenvalue weighted by molar-refractivity contribution is -0.271. The predicted molar refractivity (Wildman–Crippen MR) is 40.8 cm³/mol. The Morgan fingerprint density at radius 3 is 2.46 bits per heavy atom. The van der Waals surface area contributed by atoms with Crippen molar-refractivity contribution in [3.05, 3.63) is 0 Å². The van der Waals surface area contributed by atoms with Crippen LogP contribution in [0, 0.1) is 0 Å². The number of halogens is 3. The summed E-state index contributed by atoms with van der Waals surface area (Å²) in [4.78, 5) is 0. The summed E-state index contributed by atoms with van der Waals surface area (Å²) < 4.78 is 42.5. The molecule has 13 heavy (non-hydrogen) atoms. The zero-order chi connectivity index (χ0) is 10.1. The third-order valence-electron chi connectivity index (χ3n) is 2.20. The Bertz CT molecular complexity index is 181. The fourth-order valence-corrected chi connectivity index (χ4v) is 1.52. The van der Waals surface area contributed by atoms with E-state index in [4.69, 9.17) is 10.6 Å². The van der Waals surface area contributed by atoms with E-state index in [-0.39, 0.29) is 26.1 Å². The van der Waals surface area contributed by atoms with Gasteiger partial charge < -0.3 is 4.74 Å². The Hall–Kier alpha value is -0.330. The van der Waals surface area contributed by atoms with Crippen molar-refractivity contribution >= 4 is 0 Å². The summed E-state index contributed by atoms with van der Waals surface area (Å²) in [5, 5.41) is 1.14. The lowest BCUT2D eigenvalue weighted by Gasteiger charge is -2.30. The molecule has 1 saturated heterocycles. The van der Waals surface area contributed by atoms with Crippen molar-refractivity contribution in [3.63, 3.8) is 0 Å². The summed E-state index contributed by atoms with van der Waals surface area (Å²) in [7, 11) is 0. The molecule has 2 N–H and O–H groups in total. The fraction of sp³-hybridized carbons (Fsp3) is 1.00. The summed E-state index contributed by atoms with van der Waals surface area (Å²) in [5.41, 5.74) is -2.05. The SMILES string of the molecule is CCOC1(C(F)(F)F)CCN(N)C1. The standard InChI is InChI=1S/C7H13F3N2O/c1-2-13-6(7(8,9)10)3-4-12(11)5-6/h2-5,11H2,1H3. The van der Waals surface area contributed by atoms with Crippen molar-refractivity contribution in [2.45, 2.75) is 25.1 Å². The van der Waals surface area contributed by atoms with E-state index in [1.54, 1.807) is 6.92 Å². The van der Waals surface area contributed by atoms with Gasteiger partial charge in [-0.15, -0.1) is 0 Å². The van der Waals surface area contributed by atoms with Crippen LogP contribution in [0.2, 0.25) is 0 Å². The first-order valence-electron chi connectivity index (χ1n) is 4.11. The van der Waals surface area contributed by atoms with Crippen LogP contribution < -0.4 is 5.84 Å². The van der Waals surface area contributed by atoms with Gasteiger partial charge in [-0.3, -0.25) is 5.84 Å². The summed E-state index contributed by atoms with van der Waals surface area (Å²) in [5.74, 6) is 5.29. The summed E-state index contributed by atoms with van der Waals surface area (Å²) >= 11 is 0. The molecule has 0 radical (unpaired) electrons. The number of hydrazine groups is 1. The second-order valence-corrected chi connectivity index (χ2v) is 3.15. The number of nitrogens with two attached hydrogens (primary N) is 1. The van der Waals surface area contributed by atoms with Crippen LogP contribution in [-0.4, -0.2) is 36.5 Å². The van der Waals surface area contributed by atoms with Gasteiger partial charge >= 0.3 is 6.18 Å². The molecule has 1 heterocycles. The zero-order valence-electron chi connectivity index (χ0n) is 7.40. The highest BCUT2D eigenvalue weighted by Crippen LogP contribution is 2.39. The molecule has 3 nitrogen and oxygen atoms in total. The minimum Gasteiger partial charge on any atom is -0.364 e. The van der Waals surface area contributed by atoms with Gasteiger partial charge in [0.15, 0.2) is 5.60 Å². The van der Waals surface area contributed by atoms with E-state index in [2.05, 4.69) is 0 Å². The summed E-state index contributed by atoms with van der Waals surface area (Å²) in [6.45, 7) is 1.55. The molecule has 0 amide bonds. The number of nitrogens with zero attached hydrogens (tertiary/aromatic N) is 1. The second kappa shape index (κ2) is 3.43. The van der Waals surface area contributed by atoms with Crippen LogP contribution in [0.5, 0.6) is 0 Å². The molecule has 6 heteroatoms. The minimum atomic E-state index is -4.34. The maximum absolute atomic E-state index is 12.6. The molecule has 1 rings (SSSR count). The van der Waals surface area contributed by atoms with Gasteiger partial charge in [0.05, 0.1) is 6.54 Å². The average molecular weight is 198 g/mol. The minimum absolute atomic E-state index is 0.0490. The first-order chi connectivity index (χ1) is 5.91. The third kappa shape index (κ3) is 1.95. The molecule has 0 bridgehead atoms. The smallest absolute Gasteiger partial charge is 0.364 e. The molecular weight excluding hydrogens is 185 g/mol. The van der Waals surface area contributed by atoms with Crippen molar-refractivity contribution in [3.8, 4) is 0 Å². The van der Waals surface area contributed by atoms with Crippen LogP contribution in [-0.2, 0) is 4.74 Å². The molecule has 1 fully saturated rings. The van der Waals surface area contributed by atoms with Gasteiger partial charge in [-0.05, 0) is 6.92 Å². The van der Waals surface area contributed by atoms with E-state index in [0.29, 0.717) is 0 Å². The number of alkyl halides is 3. The average Bonchev–Trinajstić information content (AvgIpc) is 2.32. The highest BCUT2D eigenvalue weighted by atomic mass is 19.4. The number of hydrogen-bond acceptors (Lipinski definition) is 3. The molecule has 0 aromatic heterocycles. The molecule has 78 valence electrons. The Morgan fingerprint density at radius 2 is 2.15 bits per heavy atom. The first kappa shape index (κ1) is 10.7. The van der Waals surface area contributed by atoms with E-state index >= 15 is 0 Å². The summed E-state index contributed by atoms with van der Waals surface area (Å²) in [6.07, 6.45) is -4.42. The van der Waals surface area contributed by atoms with E-state index < -0.39 is 11.8 Å². The maximum atomic E-state index is 12.6. The van der Waals surface area contributed by atoms with Gasteiger partial charge in [0.2, 0.25) is 0 Å². The molecule has 1 unspecified atom stereocenters. The third-order valence-corrected chi connectivity index (χ3v) is 2.20. The normalized spacial score (nSPS) is 31.2. The van der Waals surface area contributed by atoms with E-state index in [1.165, 1.54) is 0 Å². The van der Waals surface area contributed by atoms with E-state index in [1.807, 2.05) is 0 Å². The molecular formula is C7H13F3N2O. The quantitative estimate of drug-likeness (QED) is 0.670. The highest BCUT2D eigenvalue weighted by Gasteiger charge is 2.58. The van der Waals surface area contributed by atoms with Crippen LogP contribution in [0.4, 0.5) is 13.2 Å². The molecule has 1 atom stereocenters. The molecule has 0 aromatic rings. The summed E-state index contributed by atoms with van der Waals surface area (Å²) in [6, 6.07) is 0. The zero-order valence-corrected chi connectivity index (χ0v) is 7.40. The van der Waals surface area contributed by atoms with Crippen LogP contribution in [0.1, 0.15) is 13.3 Å². The lowest BCUT2D eigenvalue weighted by atomic mass is 10.0. The van der Waals surface area contributed by atoms with Crippen molar-refractivity contribution in [2.24, 2.45) is 5.84 Å².